The molecule has 1 aliphatic heterocycles. The molecule has 1 heterocycles. The van der Waals surface area contributed by atoms with Gasteiger partial charge in [-0.25, -0.2) is 9.59 Å². The first-order valence-electron chi connectivity index (χ1n) is 10.7. The molecule has 164 valence electrons. The predicted molar refractivity (Wildman–Crippen MR) is 118 cm³/mol. The number of anilines is 1. The number of carbonyl (C=O) groups excluding carboxylic acids is 3. The molecule has 0 bridgehead atoms. The van der Waals surface area contributed by atoms with Crippen molar-refractivity contribution in [1.29, 1.82) is 0 Å². The fourth-order valence-corrected chi connectivity index (χ4v) is 3.64. The van der Waals surface area contributed by atoms with Crippen molar-refractivity contribution in [3.63, 3.8) is 0 Å². The number of ether oxygens (including phenoxy) is 1. The maximum Gasteiger partial charge on any atom is 0.328 e. The van der Waals surface area contributed by atoms with E-state index in [4.69, 9.17) is 4.74 Å². The zero-order valence-electron chi connectivity index (χ0n) is 17.8. The molecule has 0 spiro atoms. The van der Waals surface area contributed by atoms with Crippen molar-refractivity contribution in [2.75, 3.05) is 25.0 Å². The van der Waals surface area contributed by atoms with E-state index in [-0.39, 0.29) is 24.5 Å². The number of likely N-dealkylation sites (tertiary alicyclic amines) is 1. The van der Waals surface area contributed by atoms with Crippen LogP contribution in [0.2, 0.25) is 0 Å². The van der Waals surface area contributed by atoms with Crippen LogP contribution < -0.4 is 10.6 Å². The normalized spacial score (nSPS) is 15.1. The van der Waals surface area contributed by atoms with E-state index in [9.17, 15) is 14.4 Å². The van der Waals surface area contributed by atoms with Gasteiger partial charge in [-0.15, -0.1) is 0 Å². The van der Waals surface area contributed by atoms with Crippen LogP contribution in [0.1, 0.15) is 25.3 Å². The third kappa shape index (κ3) is 6.57. The molecule has 3 rings (SSSR count). The van der Waals surface area contributed by atoms with E-state index in [1.165, 1.54) is 0 Å². The summed E-state index contributed by atoms with van der Waals surface area (Å²) in [7, 11) is 0. The molecule has 1 unspecified atom stereocenters. The number of urea groups is 1. The summed E-state index contributed by atoms with van der Waals surface area (Å²) >= 11 is 0. The minimum absolute atomic E-state index is 0.168. The first kappa shape index (κ1) is 22.3. The topological polar surface area (TPSA) is 87.7 Å². The quantitative estimate of drug-likeness (QED) is 0.670. The highest BCUT2D eigenvalue weighted by Gasteiger charge is 2.30. The molecule has 1 saturated heterocycles. The van der Waals surface area contributed by atoms with Crippen molar-refractivity contribution in [2.24, 2.45) is 5.92 Å². The molecule has 31 heavy (non-hydrogen) atoms. The smallest absolute Gasteiger partial charge is 0.328 e. The molecule has 0 aromatic heterocycles. The van der Waals surface area contributed by atoms with Crippen LogP contribution in [0.3, 0.4) is 0 Å². The molecule has 1 aliphatic rings. The van der Waals surface area contributed by atoms with E-state index < -0.39 is 12.0 Å². The monoisotopic (exact) mass is 423 g/mol. The van der Waals surface area contributed by atoms with Crippen molar-refractivity contribution in [1.82, 2.24) is 10.2 Å². The summed E-state index contributed by atoms with van der Waals surface area (Å²) in [6.07, 6.45) is 1.48. The van der Waals surface area contributed by atoms with Gasteiger partial charge in [-0.1, -0.05) is 48.5 Å². The lowest BCUT2D eigenvalue weighted by Gasteiger charge is -2.32. The molecule has 7 nitrogen and oxygen atoms in total. The SMILES string of the molecule is CCOC(=O)C(Cc1ccccc1)NC(=O)C1CCN(C(=O)Nc2ccccc2)CC1. The van der Waals surface area contributed by atoms with Gasteiger partial charge in [0.05, 0.1) is 6.61 Å². The van der Waals surface area contributed by atoms with E-state index >= 15 is 0 Å². The first-order chi connectivity index (χ1) is 15.1. The van der Waals surface area contributed by atoms with Crippen LogP contribution in [-0.2, 0) is 20.7 Å². The summed E-state index contributed by atoms with van der Waals surface area (Å²) in [5, 5.41) is 5.74. The number of esters is 1. The Morgan fingerprint density at radius 1 is 1.00 bits per heavy atom. The van der Waals surface area contributed by atoms with Crippen molar-refractivity contribution < 1.29 is 19.1 Å². The predicted octanol–water partition coefficient (Wildman–Crippen LogP) is 3.22. The summed E-state index contributed by atoms with van der Waals surface area (Å²) in [6, 6.07) is 17.9. The lowest BCUT2D eigenvalue weighted by atomic mass is 9.95. The molecular formula is C24H29N3O4. The van der Waals surface area contributed by atoms with Gasteiger partial charge < -0.3 is 20.3 Å². The zero-order valence-corrected chi connectivity index (χ0v) is 17.8. The molecule has 2 aromatic carbocycles. The number of amides is 3. The number of nitrogens with zero attached hydrogens (tertiary/aromatic N) is 1. The third-order valence-corrected chi connectivity index (χ3v) is 5.35. The van der Waals surface area contributed by atoms with Crippen LogP contribution in [0.4, 0.5) is 10.5 Å². The molecular weight excluding hydrogens is 394 g/mol. The molecule has 2 aromatic rings. The highest BCUT2D eigenvalue weighted by atomic mass is 16.5. The number of carbonyl (C=O) groups is 3. The molecule has 3 amide bonds. The number of hydrogen-bond acceptors (Lipinski definition) is 4. The van der Waals surface area contributed by atoms with Gasteiger partial charge in [-0.2, -0.15) is 0 Å². The number of benzene rings is 2. The lowest BCUT2D eigenvalue weighted by molar-refractivity contribution is -0.148. The highest BCUT2D eigenvalue weighted by Crippen LogP contribution is 2.19. The molecule has 0 aliphatic carbocycles. The van der Waals surface area contributed by atoms with Gasteiger partial charge in [-0.3, -0.25) is 4.79 Å². The van der Waals surface area contributed by atoms with Crippen LogP contribution in [0.15, 0.2) is 60.7 Å². The first-order valence-corrected chi connectivity index (χ1v) is 10.7. The Balaban J connectivity index is 1.53. The average molecular weight is 424 g/mol. The van der Waals surface area contributed by atoms with Crippen LogP contribution >= 0.6 is 0 Å². The molecule has 2 N–H and O–H groups in total. The van der Waals surface area contributed by atoms with E-state index in [2.05, 4.69) is 10.6 Å². The van der Waals surface area contributed by atoms with Gasteiger partial charge >= 0.3 is 12.0 Å². The Hall–Kier alpha value is -3.35. The maximum absolute atomic E-state index is 12.8. The standard InChI is InChI=1S/C24H29N3O4/c1-2-31-23(29)21(17-18-9-5-3-6-10-18)26-22(28)19-13-15-27(16-14-19)24(30)25-20-11-7-4-8-12-20/h3-12,19,21H,2,13-17H2,1H3,(H,25,30)(H,26,28). The second-order valence-electron chi connectivity index (χ2n) is 7.56. The maximum atomic E-state index is 12.8. The molecule has 0 saturated carbocycles. The Morgan fingerprint density at radius 2 is 1.61 bits per heavy atom. The van der Waals surface area contributed by atoms with Gasteiger partial charge in [0.1, 0.15) is 6.04 Å². The highest BCUT2D eigenvalue weighted by molar-refractivity contribution is 5.90. The van der Waals surface area contributed by atoms with Crippen LogP contribution in [0, 0.1) is 5.92 Å². The van der Waals surface area contributed by atoms with E-state index in [0.29, 0.717) is 32.4 Å². The third-order valence-electron chi connectivity index (χ3n) is 5.35. The Morgan fingerprint density at radius 3 is 2.23 bits per heavy atom. The minimum atomic E-state index is -0.728. The molecule has 1 atom stereocenters. The average Bonchev–Trinajstić information content (AvgIpc) is 2.80. The largest absolute Gasteiger partial charge is 0.464 e. The second-order valence-corrected chi connectivity index (χ2v) is 7.56. The van der Waals surface area contributed by atoms with Crippen molar-refractivity contribution in [3.8, 4) is 0 Å². The number of nitrogens with one attached hydrogen (secondary N) is 2. The number of hydrogen-bond donors (Lipinski definition) is 2. The van der Waals surface area contributed by atoms with E-state index in [1.54, 1.807) is 11.8 Å². The fourth-order valence-electron chi connectivity index (χ4n) is 3.64. The van der Waals surface area contributed by atoms with Crippen molar-refractivity contribution in [3.05, 3.63) is 66.2 Å². The van der Waals surface area contributed by atoms with Gasteiger partial charge in [0.2, 0.25) is 5.91 Å². The minimum Gasteiger partial charge on any atom is -0.464 e. The summed E-state index contributed by atoms with van der Waals surface area (Å²) in [6.45, 7) is 2.98. The molecule has 7 heteroatoms. The Labute approximate surface area is 182 Å². The zero-order chi connectivity index (χ0) is 22.1. The van der Waals surface area contributed by atoms with Crippen LogP contribution in [0.25, 0.3) is 0 Å². The fraction of sp³-hybridized carbons (Fsp3) is 0.375. The van der Waals surface area contributed by atoms with Crippen molar-refractivity contribution in [2.45, 2.75) is 32.2 Å². The number of piperidine rings is 1. The second kappa shape index (κ2) is 11.2. The molecule has 1 fully saturated rings. The summed E-state index contributed by atoms with van der Waals surface area (Å²) in [5.74, 6) is -0.843. The Bertz CT molecular complexity index is 865. The van der Waals surface area contributed by atoms with Crippen LogP contribution in [-0.4, -0.2) is 48.5 Å². The summed E-state index contributed by atoms with van der Waals surface area (Å²) < 4.78 is 5.15. The van der Waals surface area contributed by atoms with Crippen LogP contribution in [0.5, 0.6) is 0 Å². The van der Waals surface area contributed by atoms with Gasteiger partial charge in [0, 0.05) is 31.1 Å². The Kier molecular flexibility index (Phi) is 8.04. The van der Waals surface area contributed by atoms with Crippen molar-refractivity contribution >= 4 is 23.6 Å². The molecule has 0 radical (unpaired) electrons. The van der Waals surface area contributed by atoms with Gasteiger partial charge in [0.15, 0.2) is 0 Å². The number of para-hydroxylation sites is 1. The van der Waals surface area contributed by atoms with Gasteiger partial charge in [-0.05, 0) is 37.5 Å². The van der Waals surface area contributed by atoms with E-state index in [0.717, 1.165) is 11.3 Å². The van der Waals surface area contributed by atoms with Gasteiger partial charge in [0.25, 0.3) is 0 Å². The number of rotatable bonds is 7. The lowest BCUT2D eigenvalue weighted by Crippen LogP contribution is -2.49. The summed E-state index contributed by atoms with van der Waals surface area (Å²) in [4.78, 5) is 39.4. The summed E-state index contributed by atoms with van der Waals surface area (Å²) in [5.41, 5.74) is 1.69. The van der Waals surface area contributed by atoms with E-state index in [1.807, 2.05) is 60.7 Å².